The molecule has 506 valence electrons. The first-order chi connectivity index (χ1) is 46.1. The van der Waals surface area contributed by atoms with Crippen LogP contribution in [0.4, 0.5) is 15.4 Å². The maximum atomic E-state index is 12.5. The fourth-order valence-electron chi connectivity index (χ4n) is 11.1. The molecule has 3 fully saturated rings. The first kappa shape index (κ1) is 69.1. The zero-order chi connectivity index (χ0) is 68.3. The number of ether oxygens (including phenoxy) is 4. The highest BCUT2D eigenvalue weighted by molar-refractivity contribution is 6.33. The highest BCUT2D eigenvalue weighted by Crippen LogP contribution is 2.32. The number of likely N-dealkylation sites (tertiary alicyclic amines) is 2. The number of piperidine rings is 3. The number of carbonyl (C=O) groups excluding carboxylic acids is 2. The van der Waals surface area contributed by atoms with Crippen molar-refractivity contribution in [3.05, 3.63) is 103 Å². The number of aliphatic hydroxyl groups is 1. The van der Waals surface area contributed by atoms with Crippen molar-refractivity contribution in [3.8, 4) is 45.9 Å². The maximum Gasteiger partial charge on any atom is 0.410 e. The number of hydrogen-bond donors (Lipinski definition) is 1. The number of aliphatic hydroxyl groups excluding tert-OH is 1. The standard InChI is InChI=1S/C22H24N8O.C22H29N7O3.C12H11ClN6.C10H19NO3/c1-3-30-20(16-11-24-15(2)25-12-16)28-19-21(30)26-14-27-22(19)31-17-7-6-10-29(13-17)18-8-4-5-9-23-18;1-6-29-18(15-10-23-14(2)24-11-15)27-17-19(29)25-13-26-20(17)31-16-8-7-9-28(12-16)21(30)32-22(3,4)5;1-3-19-11(8-4-14-7(2)15-5-8)18-9-10(13)16-6-17-12(9)19;1-10(2,3)14-9(13)11-6-4-5-8(12)7-11/h4-5,8-9,11-12,14,17H,3,6-7,10,13H2,1-2H3;10-11,13,16H,6-9,12H2,1-5H3;4-6H,3H2,1-2H3;8,12H,4-7H2,1-3H3/t17-;16-;;8-/m00.0/s1. The lowest BCUT2D eigenvalue weighted by molar-refractivity contribution is 0.00382. The van der Waals surface area contributed by atoms with E-state index < -0.39 is 17.3 Å². The van der Waals surface area contributed by atoms with Crippen molar-refractivity contribution < 1.29 is 33.6 Å². The van der Waals surface area contributed by atoms with Crippen molar-refractivity contribution in [2.24, 2.45) is 0 Å². The van der Waals surface area contributed by atoms with Crippen LogP contribution in [0.15, 0.2) is 80.6 Å². The summed E-state index contributed by atoms with van der Waals surface area (Å²) in [4.78, 5) is 99.6. The topological polar surface area (TPSA) is 322 Å². The van der Waals surface area contributed by atoms with Crippen molar-refractivity contribution in [1.29, 1.82) is 0 Å². The second kappa shape index (κ2) is 30.7. The van der Waals surface area contributed by atoms with Gasteiger partial charge in [-0.25, -0.2) is 79.4 Å². The molecule has 3 aliphatic rings. The fourth-order valence-corrected chi connectivity index (χ4v) is 11.2. The van der Waals surface area contributed by atoms with Gasteiger partial charge in [0.2, 0.25) is 11.8 Å². The summed E-state index contributed by atoms with van der Waals surface area (Å²) in [5.41, 5.74) is 5.49. The molecule has 0 aliphatic carbocycles. The minimum Gasteiger partial charge on any atom is -0.471 e. The Morgan fingerprint density at radius 2 is 0.917 bits per heavy atom. The minimum atomic E-state index is -0.535. The number of pyridine rings is 1. The minimum absolute atomic E-state index is 0.00629. The highest BCUT2D eigenvalue weighted by atomic mass is 35.5. The van der Waals surface area contributed by atoms with E-state index in [1.54, 1.807) is 53.3 Å². The lowest BCUT2D eigenvalue weighted by Crippen LogP contribution is -2.46. The number of nitrogens with zero attached hydrogens (tertiary/aromatic N) is 22. The Hall–Kier alpha value is -9.77. The van der Waals surface area contributed by atoms with Gasteiger partial charge in [0.05, 0.1) is 35.9 Å². The Kier molecular flexibility index (Phi) is 22.1. The Bertz CT molecular complexity index is 4240. The smallest absolute Gasteiger partial charge is 0.410 e. The van der Waals surface area contributed by atoms with Crippen LogP contribution in [0, 0.1) is 20.8 Å². The van der Waals surface area contributed by atoms with Crippen LogP contribution >= 0.6 is 11.6 Å². The number of imidazole rings is 3. The maximum absolute atomic E-state index is 12.5. The van der Waals surface area contributed by atoms with Gasteiger partial charge >= 0.3 is 12.2 Å². The average molecular weight is 1330 g/mol. The van der Waals surface area contributed by atoms with Gasteiger partial charge < -0.3 is 52.5 Å². The molecular formula is C66H83ClN22O7. The zero-order valence-electron chi connectivity index (χ0n) is 56.5. The van der Waals surface area contributed by atoms with Crippen molar-refractivity contribution in [2.45, 2.75) is 171 Å². The van der Waals surface area contributed by atoms with E-state index in [4.69, 9.17) is 40.5 Å². The van der Waals surface area contributed by atoms with Gasteiger partial charge in [-0.05, 0) is 134 Å². The zero-order valence-corrected chi connectivity index (χ0v) is 57.2. The third-order valence-corrected chi connectivity index (χ3v) is 15.8. The number of amides is 2. The molecular weight excluding hydrogens is 1250 g/mol. The molecule has 3 aliphatic heterocycles. The molecule has 29 nitrogen and oxygen atoms in total. The SMILES string of the molecule is CC(C)(C)OC(=O)N1CCC[C@H](O)C1.CCn1c(-c2cnc(C)nc2)nc2c(Cl)ncnc21.CCn1c(-c2cnc(C)nc2)nc2c(O[C@H]3CCCN(C(=O)OC(C)(C)C)C3)ncnc21.CCn1c(-c2cnc(C)nc2)nc2c(O[C@H]3CCCN(c4ccccn4)C3)ncnc21. The molecule has 3 atom stereocenters. The second-order valence-corrected chi connectivity index (χ2v) is 25.5. The monoisotopic (exact) mass is 1330 g/mol. The molecule has 0 spiro atoms. The number of halogens is 1. The van der Waals surface area contributed by atoms with Gasteiger partial charge in [0.25, 0.3) is 0 Å². The van der Waals surface area contributed by atoms with Crippen LogP contribution < -0.4 is 14.4 Å². The van der Waals surface area contributed by atoms with Gasteiger partial charge in [-0.15, -0.1) is 0 Å². The summed E-state index contributed by atoms with van der Waals surface area (Å²) in [7, 11) is 0. The molecule has 10 aromatic rings. The average Bonchev–Trinajstić information content (AvgIpc) is 1.64. The Labute approximate surface area is 561 Å². The largest absolute Gasteiger partial charge is 0.471 e. The van der Waals surface area contributed by atoms with E-state index in [2.05, 4.69) is 81.6 Å². The molecule has 0 saturated carbocycles. The van der Waals surface area contributed by atoms with Gasteiger partial charge in [0.1, 0.15) is 88.7 Å². The predicted octanol–water partition coefficient (Wildman–Crippen LogP) is 10.1. The number of anilines is 1. The molecule has 3 saturated heterocycles. The molecule has 0 unspecified atom stereocenters. The Morgan fingerprint density at radius 3 is 1.34 bits per heavy atom. The van der Waals surface area contributed by atoms with Crippen molar-refractivity contribution in [2.75, 3.05) is 44.2 Å². The number of carbonyl (C=O) groups is 2. The van der Waals surface area contributed by atoms with E-state index in [0.29, 0.717) is 90.0 Å². The number of rotatable bonds is 11. The lowest BCUT2D eigenvalue weighted by atomic mass is 10.1. The molecule has 30 heteroatoms. The fraction of sp³-hybridized carbons (Fsp3) is 0.485. The first-order valence-corrected chi connectivity index (χ1v) is 32.7. The third kappa shape index (κ3) is 17.2. The summed E-state index contributed by atoms with van der Waals surface area (Å²) in [5.74, 6) is 6.27. The van der Waals surface area contributed by atoms with E-state index in [1.165, 1.54) is 12.7 Å². The molecule has 1 N–H and O–H groups in total. The molecule has 96 heavy (non-hydrogen) atoms. The number of aryl methyl sites for hydroxylation is 6. The van der Waals surface area contributed by atoms with Crippen LogP contribution in [0.25, 0.3) is 67.7 Å². The molecule has 2 amide bonds. The quantitative estimate of drug-likeness (QED) is 0.118. The molecule has 0 aromatic carbocycles. The van der Waals surface area contributed by atoms with E-state index in [1.807, 2.05) is 114 Å². The Morgan fingerprint density at radius 1 is 0.510 bits per heavy atom. The van der Waals surface area contributed by atoms with Crippen LogP contribution in [0.3, 0.4) is 0 Å². The van der Waals surface area contributed by atoms with Gasteiger partial charge in [-0.2, -0.15) is 9.97 Å². The molecule has 13 rings (SSSR count). The summed E-state index contributed by atoms with van der Waals surface area (Å²) in [6.07, 6.45) is 20.9. The summed E-state index contributed by atoms with van der Waals surface area (Å²) < 4.78 is 29.3. The van der Waals surface area contributed by atoms with E-state index in [0.717, 1.165) is 115 Å². The van der Waals surface area contributed by atoms with E-state index in [-0.39, 0.29) is 24.4 Å². The van der Waals surface area contributed by atoms with Gasteiger partial charge in [-0.3, -0.25) is 0 Å². The number of hydrogen-bond acceptors (Lipinski definition) is 24. The first-order valence-electron chi connectivity index (χ1n) is 32.4. The van der Waals surface area contributed by atoms with Crippen LogP contribution in [-0.2, 0) is 29.1 Å². The molecule has 0 radical (unpaired) electrons. The van der Waals surface area contributed by atoms with E-state index >= 15 is 0 Å². The number of aromatic nitrogens is 19. The molecule has 13 heterocycles. The van der Waals surface area contributed by atoms with Crippen molar-refractivity contribution in [1.82, 2.24) is 103 Å². The number of fused-ring (bicyclic) bond motifs is 3. The predicted molar refractivity (Wildman–Crippen MR) is 360 cm³/mol. The summed E-state index contributed by atoms with van der Waals surface area (Å²) in [6.45, 7) is 28.8. The van der Waals surface area contributed by atoms with E-state index in [9.17, 15) is 14.7 Å². The van der Waals surface area contributed by atoms with Crippen molar-refractivity contribution >= 4 is 63.1 Å². The van der Waals surface area contributed by atoms with Crippen molar-refractivity contribution in [3.63, 3.8) is 0 Å². The van der Waals surface area contributed by atoms with Crippen LogP contribution in [0.2, 0.25) is 5.15 Å². The molecule has 10 aromatic heterocycles. The summed E-state index contributed by atoms with van der Waals surface area (Å²) in [6, 6.07) is 5.97. The van der Waals surface area contributed by atoms with Crippen LogP contribution in [-0.4, -0.2) is 189 Å². The molecule has 0 bridgehead atoms. The third-order valence-electron chi connectivity index (χ3n) is 15.5. The number of β-amino-alcohol motifs (C(OH)–C–C–N with tert-alkyl or cyclic N) is 1. The summed E-state index contributed by atoms with van der Waals surface area (Å²) >= 11 is 6.05. The van der Waals surface area contributed by atoms with Crippen LogP contribution in [0.1, 0.15) is 118 Å². The lowest BCUT2D eigenvalue weighted by Gasteiger charge is -2.33. The normalized spacial score (nSPS) is 16.6. The highest BCUT2D eigenvalue weighted by Gasteiger charge is 2.32. The summed E-state index contributed by atoms with van der Waals surface area (Å²) in [5, 5.41) is 9.73. The van der Waals surface area contributed by atoms with Gasteiger partial charge in [0.15, 0.2) is 33.1 Å². The van der Waals surface area contributed by atoms with Gasteiger partial charge in [0, 0.05) is 89.2 Å². The second-order valence-electron chi connectivity index (χ2n) is 25.2. The van der Waals surface area contributed by atoms with Crippen LogP contribution in [0.5, 0.6) is 11.8 Å². The van der Waals surface area contributed by atoms with Gasteiger partial charge in [-0.1, -0.05) is 17.7 Å². The Balaban J connectivity index is 0.000000146.